The van der Waals surface area contributed by atoms with Crippen LogP contribution in [0, 0.1) is 0 Å². The predicted molar refractivity (Wildman–Crippen MR) is 75.6 cm³/mol. The van der Waals surface area contributed by atoms with Crippen molar-refractivity contribution in [3.05, 3.63) is 12.4 Å². The molecule has 1 aromatic heterocycles. The van der Waals surface area contributed by atoms with Crippen LogP contribution in [-0.4, -0.2) is 42.3 Å². The molecule has 5 heteroatoms. The molecule has 19 heavy (non-hydrogen) atoms. The normalized spacial score (nSPS) is 23.6. The quantitative estimate of drug-likeness (QED) is 0.900. The summed E-state index contributed by atoms with van der Waals surface area (Å²) in [7, 11) is 0. The first-order valence-corrected chi connectivity index (χ1v) is 7.34. The summed E-state index contributed by atoms with van der Waals surface area (Å²) in [5.41, 5.74) is 0. The van der Waals surface area contributed by atoms with E-state index in [1.165, 1.54) is 25.7 Å². The minimum atomic E-state index is 0.341. The first-order chi connectivity index (χ1) is 9.42. The van der Waals surface area contributed by atoms with Gasteiger partial charge in [-0.25, -0.2) is 9.97 Å². The molecule has 1 N–H and O–H groups in total. The molecule has 0 radical (unpaired) electrons. The Morgan fingerprint density at radius 2 is 2.11 bits per heavy atom. The second kappa shape index (κ2) is 6.19. The molecule has 0 amide bonds. The van der Waals surface area contributed by atoms with Crippen molar-refractivity contribution < 1.29 is 4.74 Å². The molecule has 104 valence electrons. The van der Waals surface area contributed by atoms with E-state index in [-0.39, 0.29) is 0 Å². The monoisotopic (exact) mass is 262 g/mol. The molecule has 1 aromatic rings. The fourth-order valence-corrected chi connectivity index (χ4v) is 2.76. The summed E-state index contributed by atoms with van der Waals surface area (Å²) in [4.78, 5) is 11.0. The molecule has 3 rings (SSSR count). The van der Waals surface area contributed by atoms with E-state index < -0.39 is 0 Å². The third-order valence-electron chi connectivity index (χ3n) is 3.87. The van der Waals surface area contributed by atoms with Crippen LogP contribution in [0.4, 0.5) is 11.6 Å². The van der Waals surface area contributed by atoms with E-state index in [4.69, 9.17) is 4.74 Å². The summed E-state index contributed by atoms with van der Waals surface area (Å²) in [6, 6.07) is 2.06. The third-order valence-corrected chi connectivity index (χ3v) is 3.87. The summed E-state index contributed by atoms with van der Waals surface area (Å²) in [6.45, 7) is 3.97. The highest BCUT2D eigenvalue weighted by Gasteiger charge is 2.16. The van der Waals surface area contributed by atoms with Crippen molar-refractivity contribution in [1.82, 2.24) is 9.97 Å². The number of anilines is 2. The van der Waals surface area contributed by atoms with Gasteiger partial charge in [0, 0.05) is 32.3 Å². The van der Waals surface area contributed by atoms with Crippen LogP contribution in [-0.2, 0) is 4.74 Å². The van der Waals surface area contributed by atoms with Gasteiger partial charge >= 0.3 is 0 Å². The van der Waals surface area contributed by atoms with E-state index in [0.717, 1.165) is 44.3 Å². The molecule has 2 aliphatic heterocycles. The van der Waals surface area contributed by atoms with Gasteiger partial charge in [0.25, 0.3) is 0 Å². The lowest BCUT2D eigenvalue weighted by molar-refractivity contribution is 0.120. The number of hydrogen-bond donors (Lipinski definition) is 1. The second-order valence-electron chi connectivity index (χ2n) is 5.33. The van der Waals surface area contributed by atoms with E-state index in [2.05, 4.69) is 26.3 Å². The smallest absolute Gasteiger partial charge is 0.134 e. The Balaban J connectivity index is 1.58. The Labute approximate surface area is 114 Å². The van der Waals surface area contributed by atoms with Gasteiger partial charge in [-0.05, 0) is 32.1 Å². The van der Waals surface area contributed by atoms with Gasteiger partial charge in [-0.2, -0.15) is 0 Å². The molecule has 0 bridgehead atoms. The topological polar surface area (TPSA) is 50.3 Å². The zero-order valence-electron chi connectivity index (χ0n) is 11.3. The maximum absolute atomic E-state index is 5.60. The van der Waals surface area contributed by atoms with E-state index in [0.29, 0.717) is 6.10 Å². The van der Waals surface area contributed by atoms with Gasteiger partial charge < -0.3 is 15.0 Å². The van der Waals surface area contributed by atoms with Crippen LogP contribution in [0.2, 0.25) is 0 Å². The van der Waals surface area contributed by atoms with Crippen LogP contribution in [0.1, 0.15) is 32.1 Å². The lowest BCUT2D eigenvalue weighted by Gasteiger charge is -2.27. The fourth-order valence-electron chi connectivity index (χ4n) is 2.76. The number of nitrogens with zero attached hydrogens (tertiary/aromatic N) is 3. The summed E-state index contributed by atoms with van der Waals surface area (Å²) in [5, 5.41) is 3.36. The van der Waals surface area contributed by atoms with Crippen molar-refractivity contribution in [1.29, 1.82) is 0 Å². The van der Waals surface area contributed by atoms with Crippen LogP contribution in [0.25, 0.3) is 0 Å². The van der Waals surface area contributed by atoms with Crippen molar-refractivity contribution in [3.63, 3.8) is 0 Å². The molecule has 0 aliphatic carbocycles. The molecule has 3 heterocycles. The first-order valence-electron chi connectivity index (χ1n) is 7.34. The van der Waals surface area contributed by atoms with Gasteiger partial charge in [0.15, 0.2) is 0 Å². The lowest BCUT2D eigenvalue weighted by atomic mass is 10.1. The van der Waals surface area contributed by atoms with Crippen molar-refractivity contribution in [3.8, 4) is 0 Å². The maximum Gasteiger partial charge on any atom is 0.134 e. The van der Waals surface area contributed by atoms with Crippen LogP contribution in [0.3, 0.4) is 0 Å². The number of aromatic nitrogens is 2. The highest BCUT2D eigenvalue weighted by Crippen LogP contribution is 2.19. The summed E-state index contributed by atoms with van der Waals surface area (Å²) >= 11 is 0. The highest BCUT2D eigenvalue weighted by atomic mass is 16.5. The van der Waals surface area contributed by atoms with Crippen LogP contribution in [0.15, 0.2) is 12.4 Å². The van der Waals surface area contributed by atoms with Gasteiger partial charge in [-0.1, -0.05) is 0 Å². The number of ether oxygens (including phenoxy) is 1. The summed E-state index contributed by atoms with van der Waals surface area (Å²) in [6.07, 6.45) is 8.19. The highest BCUT2D eigenvalue weighted by molar-refractivity contribution is 5.48. The molecule has 0 spiro atoms. The minimum absolute atomic E-state index is 0.341. The molecule has 5 nitrogen and oxygen atoms in total. The summed E-state index contributed by atoms with van der Waals surface area (Å²) < 4.78 is 5.60. The first kappa shape index (κ1) is 12.7. The van der Waals surface area contributed by atoms with Crippen LogP contribution < -0.4 is 10.2 Å². The Bertz CT molecular complexity index is 400. The van der Waals surface area contributed by atoms with E-state index >= 15 is 0 Å². The van der Waals surface area contributed by atoms with Crippen LogP contribution >= 0.6 is 0 Å². The minimum Gasteiger partial charge on any atom is -0.376 e. The average molecular weight is 262 g/mol. The SMILES string of the molecule is c1nc(NC[C@@H]2CCCO2)cc(N2CCCCC2)n1. The van der Waals surface area contributed by atoms with Crippen molar-refractivity contribution in [2.24, 2.45) is 0 Å². The number of piperidine rings is 1. The molecular formula is C14H22N4O. The Morgan fingerprint density at radius 1 is 1.21 bits per heavy atom. The standard InChI is InChI=1S/C14H22N4O/c1-2-6-18(7-3-1)14-9-13(16-11-17-14)15-10-12-5-4-8-19-12/h9,11-12H,1-8,10H2,(H,15,16,17)/t12-/m0/s1. The Kier molecular flexibility index (Phi) is 4.13. The van der Waals surface area contributed by atoms with Gasteiger partial charge in [-0.3, -0.25) is 0 Å². The Morgan fingerprint density at radius 3 is 2.89 bits per heavy atom. The zero-order chi connectivity index (χ0) is 12.9. The van der Waals surface area contributed by atoms with Crippen molar-refractivity contribution in [2.45, 2.75) is 38.2 Å². The van der Waals surface area contributed by atoms with Gasteiger partial charge in [0.05, 0.1) is 6.10 Å². The molecule has 0 saturated carbocycles. The summed E-state index contributed by atoms with van der Waals surface area (Å²) in [5.74, 6) is 1.95. The van der Waals surface area contributed by atoms with E-state index in [1.54, 1.807) is 6.33 Å². The van der Waals surface area contributed by atoms with Crippen molar-refractivity contribution >= 4 is 11.6 Å². The molecule has 0 unspecified atom stereocenters. The zero-order valence-corrected chi connectivity index (χ0v) is 11.3. The fraction of sp³-hybridized carbons (Fsp3) is 0.714. The number of rotatable bonds is 4. The maximum atomic E-state index is 5.60. The van der Waals surface area contributed by atoms with Gasteiger partial charge in [0.2, 0.25) is 0 Å². The lowest BCUT2D eigenvalue weighted by Crippen LogP contribution is -2.30. The van der Waals surface area contributed by atoms with Crippen molar-refractivity contribution in [2.75, 3.05) is 36.5 Å². The molecule has 1 atom stereocenters. The van der Waals surface area contributed by atoms with Gasteiger partial charge in [-0.15, -0.1) is 0 Å². The molecule has 2 fully saturated rings. The predicted octanol–water partition coefficient (Wildman–Crippen LogP) is 2.06. The largest absolute Gasteiger partial charge is 0.376 e. The van der Waals surface area contributed by atoms with Gasteiger partial charge in [0.1, 0.15) is 18.0 Å². The molecule has 0 aromatic carbocycles. The Hall–Kier alpha value is -1.36. The molecular weight excluding hydrogens is 240 g/mol. The molecule has 2 aliphatic rings. The third kappa shape index (κ3) is 3.35. The van der Waals surface area contributed by atoms with Crippen LogP contribution in [0.5, 0.6) is 0 Å². The van der Waals surface area contributed by atoms with E-state index in [1.807, 2.05) is 0 Å². The number of nitrogens with one attached hydrogen (secondary N) is 1. The second-order valence-corrected chi connectivity index (χ2v) is 5.33. The number of hydrogen-bond acceptors (Lipinski definition) is 5. The average Bonchev–Trinajstić information content (AvgIpc) is 3.00. The molecule has 2 saturated heterocycles. The van der Waals surface area contributed by atoms with E-state index in [9.17, 15) is 0 Å².